The number of morpholine rings is 1. The molecule has 0 amide bonds. The lowest BCUT2D eigenvalue weighted by Crippen LogP contribution is -2.44. The average Bonchev–Trinajstić information content (AvgIpc) is 2.69. The van der Waals surface area contributed by atoms with Crippen LogP contribution in [0.5, 0.6) is 0 Å². The highest BCUT2D eigenvalue weighted by Crippen LogP contribution is 2.17. The number of nitrogens with one attached hydrogen (secondary N) is 2. The van der Waals surface area contributed by atoms with E-state index in [1.165, 1.54) is 43.2 Å². The third-order valence-electron chi connectivity index (χ3n) is 5.31. The molecule has 0 spiro atoms. The lowest BCUT2D eigenvalue weighted by atomic mass is 9.96. The number of aliphatic imine (C=N–C) groups is 1. The van der Waals surface area contributed by atoms with E-state index in [1.54, 1.807) is 0 Å². The van der Waals surface area contributed by atoms with Gasteiger partial charge in [0.25, 0.3) is 0 Å². The van der Waals surface area contributed by atoms with Crippen molar-refractivity contribution in [3.05, 3.63) is 35.4 Å². The lowest BCUT2D eigenvalue weighted by Gasteiger charge is -2.27. The van der Waals surface area contributed by atoms with Gasteiger partial charge in [-0.2, -0.15) is 0 Å². The van der Waals surface area contributed by atoms with E-state index >= 15 is 0 Å². The number of benzene rings is 1. The third kappa shape index (κ3) is 7.58. The van der Waals surface area contributed by atoms with Crippen LogP contribution in [0.15, 0.2) is 29.3 Å². The summed E-state index contributed by atoms with van der Waals surface area (Å²) in [6.45, 7) is 8.46. The summed E-state index contributed by atoms with van der Waals surface area (Å²) >= 11 is 0. The molecule has 1 aromatic carbocycles. The summed E-state index contributed by atoms with van der Waals surface area (Å²) in [6, 6.07) is 9.28. The highest BCUT2D eigenvalue weighted by atomic mass is 127. The van der Waals surface area contributed by atoms with Crippen LogP contribution in [-0.2, 0) is 17.8 Å². The van der Waals surface area contributed by atoms with Crippen LogP contribution in [-0.4, -0.2) is 49.7 Å². The number of hydrogen-bond acceptors (Lipinski definition) is 3. The summed E-state index contributed by atoms with van der Waals surface area (Å²) in [7, 11) is 0. The van der Waals surface area contributed by atoms with Gasteiger partial charge < -0.3 is 15.4 Å². The van der Waals surface area contributed by atoms with Crippen molar-refractivity contribution < 1.29 is 4.74 Å². The molecule has 0 bridgehead atoms. The molecule has 1 heterocycles. The quantitative estimate of drug-likeness (QED) is 0.367. The fourth-order valence-electron chi connectivity index (χ4n) is 3.79. The topological polar surface area (TPSA) is 48.9 Å². The van der Waals surface area contributed by atoms with E-state index in [1.807, 2.05) is 0 Å². The standard InChI is InChI=1S/C21H34N4O.HI/c1-2-22-21(24-20-10-4-3-5-11-20)23-16-18-8-6-7-9-19(18)17-25-12-14-26-15-13-25;/h6-9,20H,2-5,10-17H2,1H3,(H2,22,23,24);1H. The van der Waals surface area contributed by atoms with Gasteiger partial charge in [0.2, 0.25) is 0 Å². The smallest absolute Gasteiger partial charge is 0.191 e. The SMILES string of the molecule is CCNC(=NCc1ccccc1CN1CCOCC1)NC1CCCCC1.I. The minimum atomic E-state index is 0. The van der Waals surface area contributed by atoms with Crippen molar-refractivity contribution in [1.29, 1.82) is 0 Å². The molecule has 0 radical (unpaired) electrons. The van der Waals surface area contributed by atoms with E-state index in [0.29, 0.717) is 6.04 Å². The van der Waals surface area contributed by atoms with Gasteiger partial charge in [0.05, 0.1) is 19.8 Å². The highest BCUT2D eigenvalue weighted by molar-refractivity contribution is 14.0. The van der Waals surface area contributed by atoms with Gasteiger partial charge in [-0.15, -0.1) is 24.0 Å². The van der Waals surface area contributed by atoms with Crippen LogP contribution in [0.1, 0.15) is 50.2 Å². The average molecular weight is 486 g/mol. The van der Waals surface area contributed by atoms with Gasteiger partial charge in [-0.1, -0.05) is 43.5 Å². The van der Waals surface area contributed by atoms with E-state index < -0.39 is 0 Å². The lowest BCUT2D eigenvalue weighted by molar-refractivity contribution is 0.0341. The summed E-state index contributed by atoms with van der Waals surface area (Å²) in [6.07, 6.45) is 6.57. The second-order valence-electron chi connectivity index (χ2n) is 7.33. The largest absolute Gasteiger partial charge is 0.379 e. The monoisotopic (exact) mass is 486 g/mol. The minimum Gasteiger partial charge on any atom is -0.379 e. The molecule has 2 aliphatic rings. The Bertz CT molecular complexity index is 569. The Kier molecular flexibility index (Phi) is 10.4. The molecule has 152 valence electrons. The molecule has 1 aliphatic carbocycles. The molecular formula is C21H35IN4O. The van der Waals surface area contributed by atoms with Crippen LogP contribution >= 0.6 is 24.0 Å². The summed E-state index contributed by atoms with van der Waals surface area (Å²) in [5.74, 6) is 0.959. The van der Waals surface area contributed by atoms with Crippen molar-refractivity contribution in [2.24, 2.45) is 4.99 Å². The van der Waals surface area contributed by atoms with Crippen molar-refractivity contribution in [2.45, 2.75) is 58.2 Å². The second-order valence-corrected chi connectivity index (χ2v) is 7.33. The fraction of sp³-hybridized carbons (Fsp3) is 0.667. The van der Waals surface area contributed by atoms with Crippen molar-refractivity contribution in [1.82, 2.24) is 15.5 Å². The molecule has 1 aromatic rings. The Morgan fingerprint density at radius 2 is 1.81 bits per heavy atom. The first-order valence-electron chi connectivity index (χ1n) is 10.3. The van der Waals surface area contributed by atoms with Crippen LogP contribution in [0.2, 0.25) is 0 Å². The first kappa shape index (κ1) is 22.4. The van der Waals surface area contributed by atoms with Crippen LogP contribution in [0.25, 0.3) is 0 Å². The highest BCUT2D eigenvalue weighted by Gasteiger charge is 2.15. The molecule has 1 saturated carbocycles. The number of rotatable bonds is 6. The van der Waals surface area contributed by atoms with Gasteiger partial charge in [0.15, 0.2) is 5.96 Å². The van der Waals surface area contributed by atoms with Crippen LogP contribution < -0.4 is 10.6 Å². The Morgan fingerprint density at radius 3 is 2.52 bits per heavy atom. The van der Waals surface area contributed by atoms with Gasteiger partial charge in [-0.3, -0.25) is 4.90 Å². The summed E-state index contributed by atoms with van der Waals surface area (Å²) in [4.78, 5) is 7.35. The summed E-state index contributed by atoms with van der Waals surface area (Å²) in [5.41, 5.74) is 2.70. The molecular weight excluding hydrogens is 451 g/mol. The summed E-state index contributed by atoms with van der Waals surface area (Å²) < 4.78 is 5.47. The van der Waals surface area contributed by atoms with E-state index in [4.69, 9.17) is 9.73 Å². The van der Waals surface area contributed by atoms with Crippen LogP contribution in [0.4, 0.5) is 0 Å². The Hall–Kier alpha value is -0.860. The van der Waals surface area contributed by atoms with Gasteiger partial charge in [-0.25, -0.2) is 4.99 Å². The number of ether oxygens (including phenoxy) is 1. The molecule has 3 rings (SSSR count). The second kappa shape index (κ2) is 12.6. The predicted octanol–water partition coefficient (Wildman–Crippen LogP) is 3.52. The Morgan fingerprint density at radius 1 is 1.11 bits per heavy atom. The van der Waals surface area contributed by atoms with Crippen molar-refractivity contribution in [2.75, 3.05) is 32.8 Å². The molecule has 2 fully saturated rings. The van der Waals surface area contributed by atoms with Gasteiger partial charge >= 0.3 is 0 Å². The Balaban J connectivity index is 0.00000261. The molecule has 0 atom stereocenters. The third-order valence-corrected chi connectivity index (χ3v) is 5.31. The first-order chi connectivity index (χ1) is 12.8. The van der Waals surface area contributed by atoms with Crippen molar-refractivity contribution >= 4 is 29.9 Å². The molecule has 1 aliphatic heterocycles. The number of halogens is 1. The van der Waals surface area contributed by atoms with Crippen molar-refractivity contribution in [3.8, 4) is 0 Å². The molecule has 0 aromatic heterocycles. The minimum absolute atomic E-state index is 0. The fourth-order valence-corrected chi connectivity index (χ4v) is 3.79. The van der Waals surface area contributed by atoms with Gasteiger partial charge in [0, 0.05) is 32.2 Å². The van der Waals surface area contributed by atoms with E-state index in [2.05, 4.69) is 46.7 Å². The maximum absolute atomic E-state index is 5.47. The van der Waals surface area contributed by atoms with E-state index in [0.717, 1.165) is 51.9 Å². The van der Waals surface area contributed by atoms with E-state index in [9.17, 15) is 0 Å². The predicted molar refractivity (Wildman–Crippen MR) is 123 cm³/mol. The molecule has 2 N–H and O–H groups in total. The maximum atomic E-state index is 5.47. The van der Waals surface area contributed by atoms with Crippen LogP contribution in [0.3, 0.4) is 0 Å². The normalized spacial score (nSPS) is 19.4. The zero-order valence-electron chi connectivity index (χ0n) is 16.6. The molecule has 27 heavy (non-hydrogen) atoms. The maximum Gasteiger partial charge on any atom is 0.191 e. The molecule has 0 unspecified atom stereocenters. The van der Waals surface area contributed by atoms with Crippen LogP contribution in [0, 0.1) is 0 Å². The molecule has 5 nitrogen and oxygen atoms in total. The zero-order valence-corrected chi connectivity index (χ0v) is 18.9. The number of hydrogen-bond donors (Lipinski definition) is 2. The summed E-state index contributed by atoms with van der Waals surface area (Å²) in [5, 5.41) is 7.05. The molecule has 6 heteroatoms. The number of nitrogens with zero attached hydrogens (tertiary/aromatic N) is 2. The number of guanidine groups is 1. The van der Waals surface area contributed by atoms with Gasteiger partial charge in [-0.05, 0) is 30.9 Å². The van der Waals surface area contributed by atoms with Gasteiger partial charge in [0.1, 0.15) is 0 Å². The zero-order chi connectivity index (χ0) is 18.0. The van der Waals surface area contributed by atoms with E-state index in [-0.39, 0.29) is 24.0 Å². The first-order valence-corrected chi connectivity index (χ1v) is 10.3. The molecule has 1 saturated heterocycles. The Labute approximate surface area is 181 Å². The van der Waals surface area contributed by atoms with Crippen molar-refractivity contribution in [3.63, 3.8) is 0 Å².